The molecule has 3 amide bonds. The molecular formula is C38H47ClN10O4S. The number of halogens is 1. The Morgan fingerprint density at radius 1 is 1.02 bits per heavy atom. The number of carbonyl (C=O) groups excluding carboxylic acids is 3. The van der Waals surface area contributed by atoms with Gasteiger partial charge in [-0.1, -0.05) is 56.6 Å². The largest absolute Gasteiger partial charge is 0.391 e. The minimum absolute atomic E-state index is 0.00503. The number of nitrogens with one attached hydrogen (secondary N) is 2. The van der Waals surface area contributed by atoms with Crippen LogP contribution < -0.4 is 26.2 Å². The molecule has 0 spiro atoms. The van der Waals surface area contributed by atoms with Crippen LogP contribution in [0.5, 0.6) is 0 Å². The van der Waals surface area contributed by atoms with Gasteiger partial charge in [0.1, 0.15) is 17.9 Å². The molecule has 4 aromatic rings. The van der Waals surface area contributed by atoms with Crippen molar-refractivity contribution in [3.63, 3.8) is 0 Å². The number of likely N-dealkylation sites (tertiary alicyclic amines) is 1. The number of hydrogen-bond donors (Lipinski definition) is 4. The normalized spacial score (nSPS) is 18.7. The fraction of sp³-hybridized carbons (Fsp3) is 0.447. The molecule has 54 heavy (non-hydrogen) atoms. The van der Waals surface area contributed by atoms with Crippen molar-refractivity contribution in [3.8, 4) is 10.4 Å². The predicted octanol–water partition coefficient (Wildman–Crippen LogP) is 3.78. The fourth-order valence-electron chi connectivity index (χ4n) is 6.95. The highest BCUT2D eigenvalue weighted by atomic mass is 35.5. The standard InChI is InChI=1S/C38H47ClN10O4S/c1-22(25-6-8-26(9-7-25)33-23(2)42-21-54-33)43-36(52)29-18-27(50)20-49(29)37(53)34(38(3,4)5)44-32(51)17-24-10-11-41-31(16-24)48-14-12-47(13-15-48)28-19-30(39)45-46-35(28)40/h6-11,16,19,21-22,27,29,34,50H,12-15,17-18,20H2,1-5H3,(H2,40,46)(H,43,52)(H,44,51)/t22-,27+,29-,34?/m0/s1. The molecule has 286 valence electrons. The maximum atomic E-state index is 14.2. The number of carbonyl (C=O) groups is 3. The van der Waals surface area contributed by atoms with E-state index in [-0.39, 0.29) is 42.4 Å². The van der Waals surface area contributed by atoms with Crippen LogP contribution in [-0.4, -0.2) is 98.8 Å². The monoisotopic (exact) mass is 774 g/mol. The van der Waals surface area contributed by atoms with E-state index in [2.05, 4.69) is 40.6 Å². The maximum absolute atomic E-state index is 14.2. The number of aliphatic hydroxyl groups excluding tert-OH is 1. The van der Waals surface area contributed by atoms with Gasteiger partial charge in [-0.15, -0.1) is 21.5 Å². The molecule has 5 N–H and O–H groups in total. The van der Waals surface area contributed by atoms with Crippen molar-refractivity contribution in [2.75, 3.05) is 48.3 Å². The van der Waals surface area contributed by atoms with Gasteiger partial charge in [0.2, 0.25) is 17.7 Å². The van der Waals surface area contributed by atoms with E-state index in [1.54, 1.807) is 29.7 Å². The average Bonchev–Trinajstić information content (AvgIpc) is 3.76. The summed E-state index contributed by atoms with van der Waals surface area (Å²) in [5.41, 5.74) is 11.6. The number of nitrogens with zero attached hydrogens (tertiary/aromatic N) is 7. The van der Waals surface area contributed by atoms with E-state index in [0.717, 1.165) is 38.8 Å². The number of anilines is 3. The Kier molecular flexibility index (Phi) is 11.7. The maximum Gasteiger partial charge on any atom is 0.246 e. The lowest BCUT2D eigenvalue weighted by Crippen LogP contribution is -2.58. The zero-order valence-corrected chi connectivity index (χ0v) is 32.7. The van der Waals surface area contributed by atoms with E-state index in [9.17, 15) is 19.5 Å². The lowest BCUT2D eigenvalue weighted by atomic mass is 9.85. The number of nitrogen functional groups attached to an aromatic ring is 1. The molecule has 5 heterocycles. The third kappa shape index (κ3) is 8.91. The van der Waals surface area contributed by atoms with Crippen LogP contribution in [0, 0.1) is 12.3 Å². The number of pyridine rings is 1. The Balaban J connectivity index is 1.07. The molecule has 4 atom stereocenters. The second-order valence-electron chi connectivity index (χ2n) is 15.0. The van der Waals surface area contributed by atoms with E-state index in [1.165, 1.54) is 4.90 Å². The quantitative estimate of drug-likeness (QED) is 0.184. The topological polar surface area (TPSA) is 183 Å². The van der Waals surface area contributed by atoms with Crippen LogP contribution in [0.4, 0.5) is 17.3 Å². The van der Waals surface area contributed by atoms with E-state index in [0.29, 0.717) is 32.0 Å². The lowest BCUT2D eigenvalue weighted by Gasteiger charge is -2.37. The summed E-state index contributed by atoms with van der Waals surface area (Å²) in [4.78, 5) is 57.0. The van der Waals surface area contributed by atoms with Gasteiger partial charge in [0.15, 0.2) is 11.0 Å². The third-order valence-electron chi connectivity index (χ3n) is 9.95. The summed E-state index contributed by atoms with van der Waals surface area (Å²) in [5.74, 6) is -0.0512. The first-order valence-corrected chi connectivity index (χ1v) is 19.3. The van der Waals surface area contributed by atoms with Gasteiger partial charge in [0, 0.05) is 51.4 Å². The van der Waals surface area contributed by atoms with Crippen molar-refractivity contribution < 1.29 is 19.5 Å². The molecule has 0 bridgehead atoms. The molecule has 0 aliphatic carbocycles. The van der Waals surface area contributed by atoms with E-state index >= 15 is 0 Å². The molecule has 1 aromatic carbocycles. The van der Waals surface area contributed by atoms with Gasteiger partial charge >= 0.3 is 0 Å². The van der Waals surface area contributed by atoms with Crippen LogP contribution in [0.1, 0.15) is 57.0 Å². The molecule has 6 rings (SSSR count). The van der Waals surface area contributed by atoms with E-state index in [4.69, 9.17) is 17.3 Å². The SMILES string of the molecule is Cc1ncsc1-c1ccc([C@H](C)NC(=O)[C@@H]2C[C@@H](O)CN2C(=O)C(NC(=O)Cc2ccnc(N3CCN(c4cc(Cl)nnc4N)CC3)c2)C(C)(C)C)cc1. The Labute approximate surface area is 324 Å². The minimum atomic E-state index is -0.941. The Hall–Kier alpha value is -4.86. The molecule has 16 heteroatoms. The Morgan fingerprint density at radius 3 is 2.39 bits per heavy atom. The number of thiazole rings is 1. The van der Waals surface area contributed by atoms with E-state index in [1.807, 2.05) is 70.5 Å². The number of aryl methyl sites for hydroxylation is 1. The number of aliphatic hydroxyl groups is 1. The van der Waals surface area contributed by atoms with Crippen molar-refractivity contribution in [1.82, 2.24) is 35.7 Å². The highest BCUT2D eigenvalue weighted by Gasteiger charge is 2.44. The van der Waals surface area contributed by atoms with Crippen LogP contribution in [0.3, 0.4) is 0 Å². The molecule has 2 fully saturated rings. The number of benzene rings is 1. The first kappa shape index (κ1) is 38.9. The predicted molar refractivity (Wildman–Crippen MR) is 210 cm³/mol. The first-order valence-electron chi connectivity index (χ1n) is 18.0. The first-order chi connectivity index (χ1) is 25.7. The van der Waals surface area contributed by atoms with Crippen molar-refractivity contribution in [2.24, 2.45) is 5.41 Å². The summed E-state index contributed by atoms with van der Waals surface area (Å²) in [6, 6.07) is 11.2. The van der Waals surface area contributed by atoms with Gasteiger partial charge in [0.25, 0.3) is 0 Å². The lowest BCUT2D eigenvalue weighted by molar-refractivity contribution is -0.144. The number of rotatable bonds is 10. The van der Waals surface area contributed by atoms with Gasteiger partial charge in [0.05, 0.1) is 40.3 Å². The van der Waals surface area contributed by atoms with Crippen LogP contribution in [0.2, 0.25) is 5.15 Å². The minimum Gasteiger partial charge on any atom is -0.391 e. The highest BCUT2D eigenvalue weighted by Crippen LogP contribution is 2.30. The van der Waals surface area contributed by atoms with E-state index < -0.39 is 29.5 Å². The van der Waals surface area contributed by atoms with Crippen molar-refractivity contribution in [2.45, 2.75) is 71.7 Å². The average molecular weight is 775 g/mol. The van der Waals surface area contributed by atoms with Crippen LogP contribution in [0.25, 0.3) is 10.4 Å². The van der Waals surface area contributed by atoms with Gasteiger partial charge in [-0.25, -0.2) is 9.97 Å². The second kappa shape index (κ2) is 16.2. The number of nitrogens with two attached hydrogens (primary N) is 1. The van der Waals surface area contributed by atoms with Crippen LogP contribution >= 0.6 is 22.9 Å². The number of amides is 3. The van der Waals surface area contributed by atoms with Crippen molar-refractivity contribution in [1.29, 1.82) is 0 Å². The van der Waals surface area contributed by atoms with Gasteiger partial charge < -0.3 is 36.2 Å². The van der Waals surface area contributed by atoms with Gasteiger partial charge in [-0.05, 0) is 48.1 Å². The Bertz CT molecular complexity index is 1980. The molecule has 0 saturated carbocycles. The summed E-state index contributed by atoms with van der Waals surface area (Å²) < 4.78 is 0. The highest BCUT2D eigenvalue weighted by molar-refractivity contribution is 7.13. The summed E-state index contributed by atoms with van der Waals surface area (Å²) in [5, 5.41) is 24.6. The zero-order valence-electron chi connectivity index (χ0n) is 31.1. The number of piperazine rings is 1. The number of hydrogen-bond acceptors (Lipinski definition) is 12. The summed E-state index contributed by atoms with van der Waals surface area (Å²) >= 11 is 7.63. The van der Waals surface area contributed by atoms with Gasteiger partial charge in [-0.3, -0.25) is 14.4 Å². The zero-order chi connectivity index (χ0) is 38.7. The molecule has 1 unspecified atom stereocenters. The molecule has 2 saturated heterocycles. The molecule has 14 nitrogen and oxygen atoms in total. The number of aromatic nitrogens is 4. The Morgan fingerprint density at radius 2 is 1.72 bits per heavy atom. The van der Waals surface area contributed by atoms with Crippen LogP contribution in [0.15, 0.2) is 54.2 Å². The van der Waals surface area contributed by atoms with Gasteiger partial charge in [-0.2, -0.15) is 0 Å². The smallest absolute Gasteiger partial charge is 0.246 e. The molecule has 2 aliphatic rings. The molecule has 3 aromatic heterocycles. The molecule has 2 aliphatic heterocycles. The second-order valence-corrected chi connectivity index (χ2v) is 16.2. The number of β-amino-alcohol motifs (C(OH)–C–C–N with tert-alkyl or cyclic N) is 1. The van der Waals surface area contributed by atoms with Crippen molar-refractivity contribution >= 4 is 58.0 Å². The molecular weight excluding hydrogens is 728 g/mol. The summed E-state index contributed by atoms with van der Waals surface area (Å²) in [7, 11) is 0. The summed E-state index contributed by atoms with van der Waals surface area (Å²) in [6.07, 6.45) is 0.936. The fourth-order valence-corrected chi connectivity index (χ4v) is 7.91. The van der Waals surface area contributed by atoms with Crippen LogP contribution in [-0.2, 0) is 20.8 Å². The molecule has 0 radical (unpaired) electrons. The van der Waals surface area contributed by atoms with Crippen molar-refractivity contribution in [3.05, 3.63) is 76.1 Å². The third-order valence-corrected chi connectivity index (χ3v) is 11.1. The summed E-state index contributed by atoms with van der Waals surface area (Å²) in [6.45, 7) is 12.1.